The molecule has 8 heteroatoms. The van der Waals surface area contributed by atoms with E-state index in [1.807, 2.05) is 41.4 Å². The van der Waals surface area contributed by atoms with E-state index in [0.29, 0.717) is 15.6 Å². The maximum Gasteiger partial charge on any atom is 0.141 e. The molecule has 1 aliphatic heterocycles. The molecule has 1 aliphatic rings. The molecule has 0 saturated carbocycles. The number of imidazole rings is 1. The number of fused-ring (bicyclic) bond motifs is 2. The van der Waals surface area contributed by atoms with Crippen LogP contribution in [0.25, 0.3) is 16.6 Å². The largest absolute Gasteiger partial charge is 0.344 e. The van der Waals surface area contributed by atoms with E-state index >= 15 is 0 Å². The van der Waals surface area contributed by atoms with E-state index in [9.17, 15) is 4.39 Å². The van der Waals surface area contributed by atoms with Gasteiger partial charge in [-0.1, -0.05) is 29.3 Å². The third-order valence-corrected chi connectivity index (χ3v) is 5.99. The van der Waals surface area contributed by atoms with Gasteiger partial charge in [0.15, 0.2) is 0 Å². The Bertz CT molecular complexity index is 1300. The van der Waals surface area contributed by atoms with Gasteiger partial charge in [0.2, 0.25) is 0 Å². The number of aryl methyl sites for hydroxylation is 1. The molecule has 2 aromatic carbocycles. The summed E-state index contributed by atoms with van der Waals surface area (Å²) in [5, 5.41) is 8.88. The van der Waals surface area contributed by atoms with Crippen molar-refractivity contribution in [1.82, 2.24) is 19.3 Å². The van der Waals surface area contributed by atoms with Crippen molar-refractivity contribution in [2.75, 3.05) is 5.32 Å². The molecule has 0 saturated heterocycles. The van der Waals surface area contributed by atoms with Crippen LogP contribution in [0.3, 0.4) is 0 Å². The number of rotatable bonds is 2. The molecule has 0 radical (unpaired) electrons. The third kappa shape index (κ3) is 2.82. The van der Waals surface area contributed by atoms with E-state index in [2.05, 4.69) is 10.4 Å². The molecule has 1 atom stereocenters. The average Bonchev–Trinajstić information content (AvgIpc) is 3.27. The molecule has 1 N–H and O–H groups in total. The van der Waals surface area contributed by atoms with Crippen LogP contribution in [0, 0.1) is 5.82 Å². The fraction of sp³-hybridized carbons (Fsp3) is 0.143. The van der Waals surface area contributed by atoms with Crippen molar-refractivity contribution in [3.63, 3.8) is 0 Å². The molecule has 0 spiro atoms. The van der Waals surface area contributed by atoms with Crippen LogP contribution in [0.5, 0.6) is 0 Å². The van der Waals surface area contributed by atoms with E-state index in [1.54, 1.807) is 18.3 Å². The monoisotopic (exact) mass is 427 g/mol. The van der Waals surface area contributed by atoms with Gasteiger partial charge in [-0.25, -0.2) is 14.1 Å². The molecule has 146 valence electrons. The van der Waals surface area contributed by atoms with Crippen molar-refractivity contribution in [2.24, 2.45) is 7.05 Å². The zero-order valence-electron chi connectivity index (χ0n) is 15.6. The standard InChI is InChI=1S/C21H16Cl2FN5/c1-11-19(21-27-16-10-13(24)4-6-17(16)28(21)2)20(29-18(26-11)7-8-25-29)12-3-5-14(22)15(23)9-12/h3-10,20,26H,1-2H3. The summed E-state index contributed by atoms with van der Waals surface area (Å²) >= 11 is 12.5. The van der Waals surface area contributed by atoms with Gasteiger partial charge in [-0.3, -0.25) is 0 Å². The van der Waals surface area contributed by atoms with Gasteiger partial charge in [-0.15, -0.1) is 0 Å². The van der Waals surface area contributed by atoms with E-state index < -0.39 is 0 Å². The van der Waals surface area contributed by atoms with E-state index in [4.69, 9.17) is 28.2 Å². The van der Waals surface area contributed by atoms with Gasteiger partial charge >= 0.3 is 0 Å². The van der Waals surface area contributed by atoms with Crippen molar-refractivity contribution >= 4 is 45.6 Å². The first-order chi connectivity index (χ1) is 13.9. The number of nitrogens with one attached hydrogen (secondary N) is 1. The van der Waals surface area contributed by atoms with Crippen LogP contribution in [0.15, 0.2) is 54.4 Å². The second kappa shape index (κ2) is 6.61. The Kier molecular flexibility index (Phi) is 4.15. The molecule has 0 amide bonds. The maximum atomic E-state index is 13.8. The first-order valence-electron chi connectivity index (χ1n) is 9.02. The maximum absolute atomic E-state index is 13.8. The number of allylic oxidation sites excluding steroid dienone is 2. The van der Waals surface area contributed by atoms with Crippen LogP contribution in [0.4, 0.5) is 10.2 Å². The third-order valence-electron chi connectivity index (χ3n) is 5.25. The van der Waals surface area contributed by atoms with Crippen molar-refractivity contribution in [3.8, 4) is 0 Å². The predicted octanol–water partition coefficient (Wildman–Crippen LogP) is 5.66. The summed E-state index contributed by atoms with van der Waals surface area (Å²) in [6, 6.07) is 11.8. The van der Waals surface area contributed by atoms with Gasteiger partial charge in [0, 0.05) is 30.5 Å². The molecule has 2 aromatic heterocycles. The lowest BCUT2D eigenvalue weighted by atomic mass is 9.95. The Labute approximate surface area is 176 Å². The Morgan fingerprint density at radius 1 is 1.07 bits per heavy atom. The Morgan fingerprint density at radius 2 is 1.90 bits per heavy atom. The lowest BCUT2D eigenvalue weighted by molar-refractivity contribution is 0.613. The van der Waals surface area contributed by atoms with Crippen LogP contribution in [-0.4, -0.2) is 19.3 Å². The molecule has 4 aromatic rings. The van der Waals surface area contributed by atoms with Crippen molar-refractivity contribution in [3.05, 3.63) is 81.6 Å². The number of hydrogen-bond donors (Lipinski definition) is 1. The minimum absolute atomic E-state index is 0.267. The Morgan fingerprint density at radius 3 is 2.69 bits per heavy atom. The van der Waals surface area contributed by atoms with Crippen molar-refractivity contribution in [1.29, 1.82) is 0 Å². The summed E-state index contributed by atoms with van der Waals surface area (Å²) in [6.07, 6.45) is 1.74. The predicted molar refractivity (Wildman–Crippen MR) is 114 cm³/mol. The molecule has 5 nitrogen and oxygen atoms in total. The first kappa shape index (κ1) is 18.2. The molecular formula is C21H16Cl2FN5. The molecular weight excluding hydrogens is 412 g/mol. The van der Waals surface area contributed by atoms with Crippen LogP contribution in [0.1, 0.15) is 24.4 Å². The Balaban J connectivity index is 1.77. The fourth-order valence-corrected chi connectivity index (χ4v) is 4.21. The minimum atomic E-state index is -0.315. The van der Waals surface area contributed by atoms with Crippen LogP contribution < -0.4 is 5.32 Å². The lowest BCUT2D eigenvalue weighted by Gasteiger charge is -2.30. The van der Waals surface area contributed by atoms with Gasteiger partial charge in [0.1, 0.15) is 23.5 Å². The summed E-state index contributed by atoms with van der Waals surface area (Å²) in [5.41, 5.74) is 4.24. The second-order valence-electron chi connectivity index (χ2n) is 7.03. The van der Waals surface area contributed by atoms with Crippen LogP contribution in [-0.2, 0) is 7.05 Å². The van der Waals surface area contributed by atoms with Crippen LogP contribution in [0.2, 0.25) is 10.0 Å². The Hall–Kier alpha value is -2.83. The highest BCUT2D eigenvalue weighted by Crippen LogP contribution is 2.42. The van der Waals surface area contributed by atoms with Gasteiger partial charge in [-0.2, -0.15) is 5.10 Å². The second-order valence-corrected chi connectivity index (χ2v) is 7.84. The summed E-state index contributed by atoms with van der Waals surface area (Å²) in [4.78, 5) is 4.75. The average molecular weight is 428 g/mol. The summed E-state index contributed by atoms with van der Waals surface area (Å²) in [5.74, 6) is 1.28. The molecule has 29 heavy (non-hydrogen) atoms. The van der Waals surface area contributed by atoms with E-state index in [-0.39, 0.29) is 11.9 Å². The van der Waals surface area contributed by atoms with Gasteiger partial charge in [0.25, 0.3) is 0 Å². The highest BCUT2D eigenvalue weighted by Gasteiger charge is 2.32. The number of benzene rings is 2. The van der Waals surface area contributed by atoms with Crippen molar-refractivity contribution < 1.29 is 4.39 Å². The minimum Gasteiger partial charge on any atom is -0.344 e. The first-order valence-corrected chi connectivity index (χ1v) is 9.78. The van der Waals surface area contributed by atoms with E-state index in [0.717, 1.165) is 34.0 Å². The zero-order chi connectivity index (χ0) is 20.3. The fourth-order valence-electron chi connectivity index (χ4n) is 3.90. The van der Waals surface area contributed by atoms with Crippen LogP contribution >= 0.6 is 23.2 Å². The molecule has 0 bridgehead atoms. The number of nitrogens with zero attached hydrogens (tertiary/aromatic N) is 4. The summed E-state index contributed by atoms with van der Waals surface area (Å²) in [6.45, 7) is 2.00. The van der Waals surface area contributed by atoms with Crippen molar-refractivity contribution in [2.45, 2.75) is 13.0 Å². The molecule has 3 heterocycles. The highest BCUT2D eigenvalue weighted by atomic mass is 35.5. The molecule has 0 fully saturated rings. The number of aromatic nitrogens is 4. The smallest absolute Gasteiger partial charge is 0.141 e. The van der Waals surface area contributed by atoms with E-state index in [1.165, 1.54) is 12.1 Å². The molecule has 1 unspecified atom stereocenters. The lowest BCUT2D eigenvalue weighted by Crippen LogP contribution is -2.25. The SMILES string of the molecule is CC1=C(c2nc3cc(F)ccc3n2C)C(c2ccc(Cl)c(Cl)c2)n2nccc2N1. The summed E-state index contributed by atoms with van der Waals surface area (Å²) in [7, 11) is 1.92. The number of anilines is 1. The zero-order valence-corrected chi connectivity index (χ0v) is 17.1. The molecule has 0 aliphatic carbocycles. The van der Waals surface area contributed by atoms with Gasteiger partial charge in [0.05, 0.1) is 27.3 Å². The van der Waals surface area contributed by atoms with Gasteiger partial charge < -0.3 is 9.88 Å². The van der Waals surface area contributed by atoms with Gasteiger partial charge in [-0.05, 0) is 36.8 Å². The summed E-state index contributed by atoms with van der Waals surface area (Å²) < 4.78 is 17.6. The normalized spacial score (nSPS) is 16.2. The number of hydrogen-bond acceptors (Lipinski definition) is 3. The quantitative estimate of drug-likeness (QED) is 0.448. The molecule has 5 rings (SSSR count). The highest BCUT2D eigenvalue weighted by molar-refractivity contribution is 6.42. The topological polar surface area (TPSA) is 47.7 Å². The number of halogens is 3.